The molecule has 1 atom stereocenters. The molecule has 42 heavy (non-hydrogen) atoms. The summed E-state index contributed by atoms with van der Waals surface area (Å²) in [4.78, 5) is 50.7. The third-order valence-corrected chi connectivity index (χ3v) is 6.49. The summed E-state index contributed by atoms with van der Waals surface area (Å²) < 4.78 is 4.91. The van der Waals surface area contributed by atoms with Crippen LogP contribution in [-0.4, -0.2) is 41.1 Å². The van der Waals surface area contributed by atoms with Gasteiger partial charge in [0.15, 0.2) is 5.69 Å². The van der Waals surface area contributed by atoms with Crippen molar-refractivity contribution >= 4 is 40.9 Å². The number of anilines is 3. The monoisotopic (exact) mass is 569 g/mol. The fourth-order valence-corrected chi connectivity index (χ4v) is 4.28. The lowest BCUT2D eigenvalue weighted by atomic mass is 10.0. The number of benzene rings is 3. The molecule has 0 aliphatic rings. The number of hydrogen-bond acceptors (Lipinski definition) is 6. The number of rotatable bonds is 10. The zero-order valence-electron chi connectivity index (χ0n) is 23.4. The molecular formula is C31H31N5O6. The van der Waals surface area contributed by atoms with E-state index in [0.29, 0.717) is 22.7 Å². The Morgan fingerprint density at radius 3 is 2.17 bits per heavy atom. The molecule has 216 valence electrons. The van der Waals surface area contributed by atoms with E-state index in [1.807, 2.05) is 31.2 Å². The lowest BCUT2D eigenvalue weighted by Crippen LogP contribution is -2.31. The smallest absolute Gasteiger partial charge is 0.326 e. The van der Waals surface area contributed by atoms with Crippen molar-refractivity contribution in [2.75, 3.05) is 22.6 Å². The Balaban J connectivity index is 1.32. The number of para-hydroxylation sites is 1. The van der Waals surface area contributed by atoms with Gasteiger partial charge in [-0.2, -0.15) is 0 Å². The van der Waals surface area contributed by atoms with E-state index in [1.54, 1.807) is 62.5 Å². The minimum absolute atomic E-state index is 0.0526. The van der Waals surface area contributed by atoms with Gasteiger partial charge in [-0.15, -0.1) is 0 Å². The first-order chi connectivity index (χ1) is 20.1. The van der Waals surface area contributed by atoms with Crippen molar-refractivity contribution in [2.24, 2.45) is 0 Å². The Kier molecular flexibility index (Phi) is 9.33. The first-order valence-electron chi connectivity index (χ1n) is 13.1. The molecule has 0 saturated heterocycles. The Labute approximate surface area is 242 Å². The minimum atomic E-state index is -1.09. The van der Waals surface area contributed by atoms with Gasteiger partial charge in [0.25, 0.3) is 5.91 Å². The van der Waals surface area contributed by atoms with Gasteiger partial charge >= 0.3 is 12.0 Å². The molecule has 0 aliphatic carbocycles. The first kappa shape index (κ1) is 29.5. The summed E-state index contributed by atoms with van der Waals surface area (Å²) in [6, 6.07) is 21.5. The number of carboxylic acid groups (broad SMARTS) is 1. The van der Waals surface area contributed by atoms with Crippen molar-refractivity contribution < 1.29 is 28.8 Å². The molecule has 0 saturated carbocycles. The highest BCUT2D eigenvalue weighted by atomic mass is 16.5. The highest BCUT2D eigenvalue weighted by Gasteiger charge is 2.21. The molecule has 4 amide bonds. The summed E-state index contributed by atoms with van der Waals surface area (Å²) in [5.74, 6) is -1.44. The van der Waals surface area contributed by atoms with Gasteiger partial charge < -0.3 is 25.6 Å². The fourth-order valence-electron chi connectivity index (χ4n) is 4.28. The van der Waals surface area contributed by atoms with Crippen LogP contribution in [0.15, 0.2) is 83.4 Å². The van der Waals surface area contributed by atoms with Crippen molar-refractivity contribution in [3.63, 3.8) is 0 Å². The number of hydrogen-bond donors (Lipinski definition) is 4. The van der Waals surface area contributed by atoms with Crippen molar-refractivity contribution in [2.45, 2.75) is 32.7 Å². The summed E-state index contributed by atoms with van der Waals surface area (Å²) in [6.45, 7) is 3.58. The number of nitrogens with one attached hydrogen (secondary N) is 3. The van der Waals surface area contributed by atoms with Crippen LogP contribution in [0.25, 0.3) is 0 Å². The molecular weight excluding hydrogens is 538 g/mol. The number of aromatic nitrogens is 1. The maximum atomic E-state index is 12.7. The minimum Gasteiger partial charge on any atom is -0.481 e. The molecule has 4 N–H and O–H groups in total. The third kappa shape index (κ3) is 7.81. The third-order valence-electron chi connectivity index (χ3n) is 6.49. The maximum absolute atomic E-state index is 12.7. The van der Waals surface area contributed by atoms with E-state index >= 15 is 0 Å². The van der Waals surface area contributed by atoms with E-state index in [-0.39, 0.29) is 30.5 Å². The van der Waals surface area contributed by atoms with E-state index in [9.17, 15) is 24.3 Å². The highest BCUT2D eigenvalue weighted by Crippen LogP contribution is 2.22. The number of nitrogens with zero attached hydrogens (tertiary/aromatic N) is 2. The molecule has 0 fully saturated rings. The van der Waals surface area contributed by atoms with Gasteiger partial charge in [-0.05, 0) is 60.9 Å². The molecule has 4 aromatic rings. The quantitative estimate of drug-likeness (QED) is 0.207. The van der Waals surface area contributed by atoms with Crippen molar-refractivity contribution in [1.29, 1.82) is 0 Å². The van der Waals surface area contributed by atoms with Crippen LogP contribution in [0.2, 0.25) is 0 Å². The molecule has 0 spiro atoms. The van der Waals surface area contributed by atoms with E-state index in [4.69, 9.17) is 4.52 Å². The van der Waals surface area contributed by atoms with E-state index in [1.165, 1.54) is 11.0 Å². The van der Waals surface area contributed by atoms with Crippen LogP contribution < -0.4 is 20.9 Å². The summed E-state index contributed by atoms with van der Waals surface area (Å²) in [6.07, 6.45) is -0.235. The fraction of sp³-hybridized carbons (Fsp3) is 0.194. The summed E-state index contributed by atoms with van der Waals surface area (Å²) in [5, 5.41) is 21.3. The average Bonchev–Trinajstić information content (AvgIpc) is 3.40. The van der Waals surface area contributed by atoms with E-state index < -0.39 is 17.9 Å². The van der Waals surface area contributed by atoms with Crippen LogP contribution in [-0.2, 0) is 16.0 Å². The van der Waals surface area contributed by atoms with Crippen molar-refractivity contribution in [3.8, 4) is 0 Å². The Morgan fingerprint density at radius 1 is 0.905 bits per heavy atom. The largest absolute Gasteiger partial charge is 0.481 e. The molecule has 3 aromatic carbocycles. The molecule has 4 rings (SSSR count). The van der Waals surface area contributed by atoms with Crippen LogP contribution >= 0.6 is 0 Å². The predicted octanol–water partition coefficient (Wildman–Crippen LogP) is 5.09. The predicted molar refractivity (Wildman–Crippen MR) is 158 cm³/mol. The standard InChI is InChI=1S/C31H31N5O6/c1-19-6-4-5-7-27(19)36(3)31(41)33-24-12-8-21(9-13-24)17-28(37)32-23-14-10-22(11-15-23)25(18-29(38)39)34-30(40)26-16-20(2)42-35-26/h4-16,25H,17-18H2,1-3H3,(H,32,37)(H,33,41)(H,34,40)(H,38,39). The lowest BCUT2D eigenvalue weighted by molar-refractivity contribution is -0.137. The molecule has 11 nitrogen and oxygen atoms in total. The Morgan fingerprint density at radius 2 is 1.55 bits per heavy atom. The van der Waals surface area contributed by atoms with Gasteiger partial charge in [-0.25, -0.2) is 4.79 Å². The average molecular weight is 570 g/mol. The lowest BCUT2D eigenvalue weighted by Gasteiger charge is -2.20. The first-order valence-corrected chi connectivity index (χ1v) is 13.1. The number of carbonyl (C=O) groups excluding carboxylic acids is 3. The van der Waals surface area contributed by atoms with Gasteiger partial charge in [0, 0.05) is 30.2 Å². The SMILES string of the molecule is Cc1cc(C(=O)NC(CC(=O)O)c2ccc(NC(=O)Cc3ccc(NC(=O)N(C)c4ccccc4C)cc3)cc2)no1. The number of carboxylic acids is 1. The van der Waals surface area contributed by atoms with Gasteiger partial charge in [0.2, 0.25) is 5.91 Å². The van der Waals surface area contributed by atoms with Crippen LogP contribution in [0.4, 0.5) is 21.9 Å². The molecule has 0 aliphatic heterocycles. The number of aliphatic carboxylic acids is 1. The molecule has 0 bridgehead atoms. The normalized spacial score (nSPS) is 11.3. The second-order valence-corrected chi connectivity index (χ2v) is 9.77. The van der Waals surface area contributed by atoms with E-state index in [0.717, 1.165) is 16.8 Å². The number of aryl methyl sites for hydroxylation is 2. The topological polar surface area (TPSA) is 154 Å². The van der Waals surface area contributed by atoms with Crippen LogP contribution in [0.1, 0.15) is 45.4 Å². The summed E-state index contributed by atoms with van der Waals surface area (Å²) in [5.41, 5.74) is 4.26. The number of amides is 4. The molecule has 1 unspecified atom stereocenters. The van der Waals surface area contributed by atoms with Crippen LogP contribution in [0.5, 0.6) is 0 Å². The Hall–Kier alpha value is -5.45. The zero-order chi connectivity index (χ0) is 30.2. The van der Waals surface area contributed by atoms with Crippen LogP contribution in [0.3, 0.4) is 0 Å². The van der Waals surface area contributed by atoms with Gasteiger partial charge in [0.1, 0.15) is 5.76 Å². The number of carbonyl (C=O) groups is 4. The molecule has 11 heteroatoms. The number of urea groups is 1. The molecule has 0 radical (unpaired) electrons. The van der Waals surface area contributed by atoms with Gasteiger partial charge in [-0.3, -0.25) is 19.3 Å². The van der Waals surface area contributed by atoms with Gasteiger partial charge in [0.05, 0.1) is 18.9 Å². The zero-order valence-corrected chi connectivity index (χ0v) is 23.4. The summed E-state index contributed by atoms with van der Waals surface area (Å²) >= 11 is 0. The highest BCUT2D eigenvalue weighted by molar-refractivity contribution is 6.01. The maximum Gasteiger partial charge on any atom is 0.326 e. The van der Waals surface area contributed by atoms with Crippen LogP contribution in [0, 0.1) is 13.8 Å². The second-order valence-electron chi connectivity index (χ2n) is 9.77. The van der Waals surface area contributed by atoms with E-state index in [2.05, 4.69) is 21.1 Å². The van der Waals surface area contributed by atoms with Crippen molar-refractivity contribution in [1.82, 2.24) is 10.5 Å². The molecule has 1 aromatic heterocycles. The second kappa shape index (κ2) is 13.3. The van der Waals surface area contributed by atoms with Crippen molar-refractivity contribution in [3.05, 3.63) is 107 Å². The molecule has 1 heterocycles. The Bertz CT molecular complexity index is 1580. The summed E-state index contributed by atoms with van der Waals surface area (Å²) in [7, 11) is 1.70. The van der Waals surface area contributed by atoms with Gasteiger partial charge in [-0.1, -0.05) is 47.6 Å².